The number of pyridine rings is 1. The van der Waals surface area contributed by atoms with E-state index in [9.17, 15) is 4.79 Å². The van der Waals surface area contributed by atoms with Crippen LogP contribution in [0.2, 0.25) is 0 Å². The van der Waals surface area contributed by atoms with E-state index >= 15 is 0 Å². The van der Waals surface area contributed by atoms with E-state index in [0.717, 1.165) is 42.6 Å². The first-order valence-electron chi connectivity index (χ1n) is 9.29. The van der Waals surface area contributed by atoms with Crippen molar-refractivity contribution in [2.45, 2.75) is 32.6 Å². The highest BCUT2D eigenvalue weighted by Gasteiger charge is 2.01. The number of hydrogen-bond acceptors (Lipinski definition) is 4. The molecular weight excluding hydrogens is 338 g/mol. The van der Waals surface area contributed by atoms with Gasteiger partial charge in [0.15, 0.2) is 0 Å². The van der Waals surface area contributed by atoms with E-state index < -0.39 is 0 Å². The van der Waals surface area contributed by atoms with E-state index in [-0.39, 0.29) is 5.97 Å². The fourth-order valence-corrected chi connectivity index (χ4v) is 2.38. The lowest BCUT2D eigenvalue weighted by atomic mass is 10.1. The Morgan fingerprint density at radius 3 is 2.15 bits per heavy atom. The number of hydrogen-bond donors (Lipinski definition) is 0. The zero-order valence-electron chi connectivity index (χ0n) is 15.9. The van der Waals surface area contributed by atoms with Gasteiger partial charge in [-0.3, -0.25) is 4.98 Å². The number of nitrogens with zero attached hydrogens (tertiary/aromatic N) is 1. The minimum Gasteiger partial charge on any atom is -0.494 e. The molecule has 0 fully saturated rings. The van der Waals surface area contributed by atoms with E-state index in [1.54, 1.807) is 19.3 Å². The molecule has 0 amide bonds. The second-order valence-corrected chi connectivity index (χ2v) is 6.36. The van der Waals surface area contributed by atoms with Gasteiger partial charge in [-0.15, -0.1) is 0 Å². The van der Waals surface area contributed by atoms with Crippen molar-refractivity contribution in [2.24, 2.45) is 0 Å². The second-order valence-electron chi connectivity index (χ2n) is 6.36. The maximum absolute atomic E-state index is 11.2. The molecular formula is C23H27NO3. The molecule has 142 valence electrons. The molecule has 2 rings (SSSR count). The average molecular weight is 365 g/mol. The Bertz CT molecular complexity index is 736. The van der Waals surface area contributed by atoms with Crippen molar-refractivity contribution in [1.29, 1.82) is 0 Å². The Morgan fingerprint density at radius 1 is 0.926 bits per heavy atom. The third kappa shape index (κ3) is 8.36. The first-order chi connectivity index (χ1) is 13.1. The van der Waals surface area contributed by atoms with Gasteiger partial charge in [-0.05, 0) is 68.0 Å². The maximum atomic E-state index is 11.2. The highest BCUT2D eigenvalue weighted by atomic mass is 16.5. The molecule has 1 heterocycles. The van der Waals surface area contributed by atoms with Gasteiger partial charge in [0.1, 0.15) is 5.75 Å². The molecule has 0 unspecified atom stereocenters. The lowest BCUT2D eigenvalue weighted by Gasteiger charge is -2.07. The molecule has 0 N–H and O–H groups in total. The fraction of sp³-hybridized carbons (Fsp3) is 0.304. The topological polar surface area (TPSA) is 48.4 Å². The Balaban J connectivity index is 1.58. The highest BCUT2D eigenvalue weighted by molar-refractivity contribution is 5.86. The molecule has 1 aromatic heterocycles. The van der Waals surface area contributed by atoms with Crippen LogP contribution < -0.4 is 4.74 Å². The van der Waals surface area contributed by atoms with Crippen LogP contribution in [0.4, 0.5) is 0 Å². The van der Waals surface area contributed by atoms with Crippen LogP contribution >= 0.6 is 0 Å². The van der Waals surface area contributed by atoms with Crippen LogP contribution in [-0.4, -0.2) is 24.2 Å². The van der Waals surface area contributed by atoms with E-state index in [2.05, 4.69) is 23.7 Å². The molecule has 0 aliphatic carbocycles. The van der Waals surface area contributed by atoms with Gasteiger partial charge in [0, 0.05) is 18.0 Å². The zero-order chi connectivity index (χ0) is 19.3. The van der Waals surface area contributed by atoms with Crippen molar-refractivity contribution < 1.29 is 14.3 Å². The van der Waals surface area contributed by atoms with Crippen molar-refractivity contribution in [3.05, 3.63) is 72.1 Å². The molecule has 0 atom stereocenters. The number of unbranched alkanes of at least 4 members (excludes halogenated alkanes) is 3. The largest absolute Gasteiger partial charge is 0.494 e. The molecule has 4 heteroatoms. The van der Waals surface area contributed by atoms with Crippen molar-refractivity contribution in [1.82, 2.24) is 4.98 Å². The minimum atomic E-state index is -0.308. The van der Waals surface area contributed by atoms with Crippen molar-refractivity contribution in [2.75, 3.05) is 13.2 Å². The zero-order valence-corrected chi connectivity index (χ0v) is 15.9. The van der Waals surface area contributed by atoms with Crippen LogP contribution in [-0.2, 0) is 9.53 Å². The van der Waals surface area contributed by atoms with E-state index in [4.69, 9.17) is 9.47 Å². The number of aromatic nitrogens is 1. The molecule has 0 saturated carbocycles. The summed E-state index contributed by atoms with van der Waals surface area (Å²) in [6.45, 7) is 6.36. The molecule has 0 aliphatic heterocycles. The van der Waals surface area contributed by atoms with Crippen LogP contribution in [0.1, 0.15) is 43.7 Å². The van der Waals surface area contributed by atoms with Crippen LogP contribution in [0.3, 0.4) is 0 Å². The molecule has 0 bridgehead atoms. The van der Waals surface area contributed by atoms with Crippen molar-refractivity contribution in [3.8, 4) is 5.75 Å². The number of benzene rings is 1. The lowest BCUT2D eigenvalue weighted by molar-refractivity contribution is -0.139. The van der Waals surface area contributed by atoms with E-state index in [1.807, 2.05) is 36.4 Å². The Hall–Kier alpha value is -2.88. The predicted octanol–water partition coefficient (Wildman–Crippen LogP) is 5.31. The van der Waals surface area contributed by atoms with E-state index in [0.29, 0.717) is 18.8 Å². The maximum Gasteiger partial charge on any atom is 0.333 e. The number of esters is 1. The normalized spacial score (nSPS) is 10.7. The van der Waals surface area contributed by atoms with Crippen LogP contribution in [0.25, 0.3) is 12.2 Å². The summed E-state index contributed by atoms with van der Waals surface area (Å²) in [6, 6.07) is 12.0. The summed E-state index contributed by atoms with van der Waals surface area (Å²) < 4.78 is 10.8. The standard InChI is InChI=1S/C23H27NO3/c1-19(2)23(25)27-18-6-4-3-5-17-26-22-11-9-20(10-12-22)7-8-21-13-15-24-16-14-21/h7-16H,1,3-6,17-18H2,2H3/b8-7+. The first-order valence-corrected chi connectivity index (χ1v) is 9.29. The molecule has 4 nitrogen and oxygen atoms in total. The van der Waals surface area contributed by atoms with Gasteiger partial charge in [0.25, 0.3) is 0 Å². The Morgan fingerprint density at radius 2 is 1.52 bits per heavy atom. The van der Waals surface area contributed by atoms with Gasteiger partial charge in [0.05, 0.1) is 13.2 Å². The molecule has 0 aliphatic rings. The van der Waals surface area contributed by atoms with E-state index in [1.165, 1.54) is 0 Å². The van der Waals surface area contributed by atoms with Crippen LogP contribution in [0.15, 0.2) is 60.9 Å². The first kappa shape index (κ1) is 20.4. The summed E-state index contributed by atoms with van der Waals surface area (Å²) in [5.74, 6) is 0.573. The summed E-state index contributed by atoms with van der Waals surface area (Å²) in [5, 5.41) is 0. The predicted molar refractivity (Wildman–Crippen MR) is 109 cm³/mol. The minimum absolute atomic E-state index is 0.308. The quantitative estimate of drug-likeness (QED) is 0.307. The smallest absolute Gasteiger partial charge is 0.333 e. The summed E-state index contributed by atoms with van der Waals surface area (Å²) in [6.07, 6.45) is 11.6. The summed E-state index contributed by atoms with van der Waals surface area (Å²) >= 11 is 0. The third-order valence-electron chi connectivity index (χ3n) is 3.94. The van der Waals surface area contributed by atoms with Crippen molar-refractivity contribution in [3.63, 3.8) is 0 Å². The van der Waals surface area contributed by atoms with Gasteiger partial charge in [0.2, 0.25) is 0 Å². The Kier molecular flexibility index (Phi) is 8.84. The fourth-order valence-electron chi connectivity index (χ4n) is 2.38. The average Bonchev–Trinajstić information content (AvgIpc) is 2.69. The van der Waals surface area contributed by atoms with Gasteiger partial charge in [-0.1, -0.05) is 30.9 Å². The van der Waals surface area contributed by atoms with Gasteiger partial charge in [-0.2, -0.15) is 0 Å². The van der Waals surface area contributed by atoms with Crippen molar-refractivity contribution >= 4 is 18.1 Å². The summed E-state index contributed by atoms with van der Waals surface area (Å²) in [5.41, 5.74) is 2.70. The molecule has 0 radical (unpaired) electrons. The lowest BCUT2D eigenvalue weighted by Crippen LogP contribution is -2.06. The highest BCUT2D eigenvalue weighted by Crippen LogP contribution is 2.15. The molecule has 1 aromatic carbocycles. The van der Waals surface area contributed by atoms with Gasteiger partial charge in [-0.25, -0.2) is 4.79 Å². The number of carbonyl (C=O) groups is 1. The number of rotatable bonds is 11. The molecule has 2 aromatic rings. The van der Waals surface area contributed by atoms with Crippen LogP contribution in [0.5, 0.6) is 5.75 Å². The monoisotopic (exact) mass is 365 g/mol. The van der Waals surface area contributed by atoms with Gasteiger partial charge >= 0.3 is 5.97 Å². The third-order valence-corrected chi connectivity index (χ3v) is 3.94. The SMILES string of the molecule is C=C(C)C(=O)OCCCCCCOc1ccc(/C=C/c2ccncc2)cc1. The Labute approximate surface area is 161 Å². The molecule has 0 spiro atoms. The summed E-state index contributed by atoms with van der Waals surface area (Å²) in [7, 11) is 0. The second kappa shape index (κ2) is 11.7. The molecule has 0 saturated heterocycles. The molecule has 27 heavy (non-hydrogen) atoms. The summed E-state index contributed by atoms with van der Waals surface area (Å²) in [4.78, 5) is 15.2. The number of carbonyl (C=O) groups excluding carboxylic acids is 1. The van der Waals surface area contributed by atoms with Gasteiger partial charge < -0.3 is 9.47 Å². The van der Waals surface area contributed by atoms with Crippen LogP contribution in [0, 0.1) is 0 Å². The number of ether oxygens (including phenoxy) is 2.